The van der Waals surface area contributed by atoms with Crippen molar-refractivity contribution < 1.29 is 14.3 Å². The van der Waals surface area contributed by atoms with Crippen molar-refractivity contribution in [2.45, 2.75) is 51.5 Å². The zero-order chi connectivity index (χ0) is 26.1. The summed E-state index contributed by atoms with van der Waals surface area (Å²) >= 11 is 6.85. The highest BCUT2D eigenvalue weighted by molar-refractivity contribution is 6.36. The number of anilines is 1. The molecule has 1 aromatic carbocycles. The predicted molar refractivity (Wildman–Crippen MR) is 144 cm³/mol. The Balaban J connectivity index is 1.35. The number of aromatic nitrogens is 2. The number of ether oxygens (including phenoxy) is 1. The number of hydrogen-bond donors (Lipinski definition) is 1. The van der Waals surface area contributed by atoms with E-state index in [9.17, 15) is 9.59 Å². The van der Waals surface area contributed by atoms with Crippen LogP contribution in [0, 0.1) is 0 Å². The van der Waals surface area contributed by atoms with Crippen molar-refractivity contribution in [1.82, 2.24) is 19.8 Å². The van der Waals surface area contributed by atoms with E-state index < -0.39 is 0 Å². The highest BCUT2D eigenvalue weighted by Crippen LogP contribution is 2.38. The zero-order valence-electron chi connectivity index (χ0n) is 21.2. The van der Waals surface area contributed by atoms with Crippen LogP contribution in [0.2, 0.25) is 5.02 Å². The lowest BCUT2D eigenvalue weighted by atomic mass is 9.82. The van der Waals surface area contributed by atoms with E-state index in [1.54, 1.807) is 16.0 Å². The first kappa shape index (κ1) is 25.3. The van der Waals surface area contributed by atoms with Crippen molar-refractivity contribution in [3.8, 4) is 0 Å². The maximum atomic E-state index is 13.4. The first-order valence-corrected chi connectivity index (χ1v) is 13.3. The SMILES string of the molecule is CCCOC(=O)N1CCN(C(=O)c2ccc3c(Cl)c4c(nc3c2)CC(c2ccnc(N)c2)CC4)CC1C. The van der Waals surface area contributed by atoms with E-state index >= 15 is 0 Å². The van der Waals surface area contributed by atoms with Gasteiger partial charge in [-0.25, -0.2) is 9.78 Å². The molecule has 8 nitrogen and oxygen atoms in total. The summed E-state index contributed by atoms with van der Waals surface area (Å²) in [5.41, 5.74) is 10.4. The first-order chi connectivity index (χ1) is 17.9. The molecule has 9 heteroatoms. The van der Waals surface area contributed by atoms with Crippen molar-refractivity contribution in [2.24, 2.45) is 0 Å². The first-order valence-electron chi connectivity index (χ1n) is 12.9. The van der Waals surface area contributed by atoms with Gasteiger partial charge in [0.25, 0.3) is 5.91 Å². The molecule has 37 heavy (non-hydrogen) atoms. The fraction of sp³-hybridized carbons (Fsp3) is 0.429. The number of pyridine rings is 2. The van der Waals surface area contributed by atoms with E-state index in [1.807, 2.05) is 44.2 Å². The number of carbonyl (C=O) groups excluding carboxylic acids is 2. The van der Waals surface area contributed by atoms with Gasteiger partial charge in [0.15, 0.2) is 0 Å². The molecule has 2 N–H and O–H groups in total. The van der Waals surface area contributed by atoms with Crippen LogP contribution >= 0.6 is 11.6 Å². The van der Waals surface area contributed by atoms with Crippen LogP contribution in [0.1, 0.15) is 59.8 Å². The van der Waals surface area contributed by atoms with Crippen molar-refractivity contribution in [3.63, 3.8) is 0 Å². The van der Waals surface area contributed by atoms with E-state index in [4.69, 9.17) is 27.1 Å². The molecule has 1 aliphatic carbocycles. The van der Waals surface area contributed by atoms with Crippen LogP contribution in [0.3, 0.4) is 0 Å². The summed E-state index contributed by atoms with van der Waals surface area (Å²) in [6, 6.07) is 9.37. The minimum atomic E-state index is -0.316. The molecule has 2 aliphatic rings. The largest absolute Gasteiger partial charge is 0.449 e. The van der Waals surface area contributed by atoms with Crippen LogP contribution in [-0.4, -0.2) is 64.1 Å². The van der Waals surface area contributed by atoms with Gasteiger partial charge in [0, 0.05) is 48.5 Å². The standard InChI is InChI=1S/C28H32ClN5O3/c1-3-12-37-28(36)34-11-10-33(16-17(34)2)27(35)20-5-7-22-24(14-20)32-23-13-18(4-6-21(23)26(22)29)19-8-9-31-25(30)15-19/h5,7-9,14-15,17-18H,3-4,6,10-13,16H2,1-2H3,(H2,30,31). The van der Waals surface area contributed by atoms with Gasteiger partial charge >= 0.3 is 6.09 Å². The molecule has 0 radical (unpaired) electrons. The average molecular weight is 522 g/mol. The molecule has 194 valence electrons. The minimum absolute atomic E-state index is 0.0731. The second-order valence-corrected chi connectivity index (χ2v) is 10.3. The van der Waals surface area contributed by atoms with Crippen LogP contribution in [0.15, 0.2) is 36.5 Å². The van der Waals surface area contributed by atoms with Crippen LogP contribution < -0.4 is 5.73 Å². The Morgan fingerprint density at radius 1 is 1.22 bits per heavy atom. The number of nitrogens with zero attached hydrogens (tertiary/aromatic N) is 4. The van der Waals surface area contributed by atoms with Crippen LogP contribution in [0.5, 0.6) is 0 Å². The molecule has 1 aliphatic heterocycles. The van der Waals surface area contributed by atoms with E-state index in [0.29, 0.717) is 43.5 Å². The molecule has 0 spiro atoms. The fourth-order valence-corrected chi connectivity index (χ4v) is 5.76. The summed E-state index contributed by atoms with van der Waals surface area (Å²) < 4.78 is 5.28. The molecule has 2 unspecified atom stereocenters. The van der Waals surface area contributed by atoms with Gasteiger partial charge in [-0.15, -0.1) is 0 Å². The smallest absolute Gasteiger partial charge is 0.410 e. The number of piperazine rings is 1. The normalized spacial score (nSPS) is 19.5. The van der Waals surface area contributed by atoms with E-state index in [-0.39, 0.29) is 18.0 Å². The molecule has 3 aromatic rings. The Bertz CT molecular complexity index is 1350. The van der Waals surface area contributed by atoms with Gasteiger partial charge < -0.3 is 20.3 Å². The van der Waals surface area contributed by atoms with Crippen molar-refractivity contribution in [1.29, 1.82) is 0 Å². The third kappa shape index (κ3) is 5.07. The predicted octanol–water partition coefficient (Wildman–Crippen LogP) is 4.83. The summed E-state index contributed by atoms with van der Waals surface area (Å²) in [6.07, 6.45) is 4.78. The lowest BCUT2D eigenvalue weighted by Gasteiger charge is -2.39. The number of hydrogen-bond acceptors (Lipinski definition) is 6. The quantitative estimate of drug-likeness (QED) is 0.527. The minimum Gasteiger partial charge on any atom is -0.449 e. The molecule has 2 aromatic heterocycles. The van der Waals surface area contributed by atoms with Crippen LogP contribution in [-0.2, 0) is 17.6 Å². The molecule has 2 atom stereocenters. The lowest BCUT2D eigenvalue weighted by molar-refractivity contribution is 0.0412. The summed E-state index contributed by atoms with van der Waals surface area (Å²) in [7, 11) is 0. The Kier molecular flexibility index (Phi) is 7.20. The molecule has 2 amide bonds. The van der Waals surface area contributed by atoms with Gasteiger partial charge in [-0.3, -0.25) is 9.78 Å². The molecule has 0 saturated carbocycles. The zero-order valence-corrected chi connectivity index (χ0v) is 22.0. The Hall–Kier alpha value is -3.39. The number of halogens is 1. The number of nitrogens with two attached hydrogens (primary N) is 1. The number of amides is 2. The molecule has 0 bridgehead atoms. The van der Waals surface area contributed by atoms with Gasteiger partial charge in [-0.1, -0.05) is 24.6 Å². The Labute approximate surface area is 221 Å². The van der Waals surface area contributed by atoms with E-state index in [1.165, 1.54) is 0 Å². The Morgan fingerprint density at radius 3 is 2.81 bits per heavy atom. The topological polar surface area (TPSA) is 102 Å². The van der Waals surface area contributed by atoms with E-state index in [0.717, 1.165) is 58.4 Å². The molecular weight excluding hydrogens is 490 g/mol. The maximum absolute atomic E-state index is 13.4. The lowest BCUT2D eigenvalue weighted by Crippen LogP contribution is -2.55. The molecule has 3 heterocycles. The number of benzene rings is 1. The number of rotatable bonds is 4. The van der Waals surface area contributed by atoms with Crippen molar-refractivity contribution in [3.05, 3.63) is 63.9 Å². The molecule has 1 fully saturated rings. The molecule has 5 rings (SSSR count). The second-order valence-electron chi connectivity index (χ2n) is 9.94. The fourth-order valence-electron chi connectivity index (χ4n) is 5.39. The summed E-state index contributed by atoms with van der Waals surface area (Å²) in [5, 5.41) is 1.58. The summed E-state index contributed by atoms with van der Waals surface area (Å²) in [4.78, 5) is 38.3. The second kappa shape index (κ2) is 10.5. The third-order valence-corrected chi connectivity index (χ3v) is 7.82. The summed E-state index contributed by atoms with van der Waals surface area (Å²) in [6.45, 7) is 5.66. The highest BCUT2D eigenvalue weighted by Gasteiger charge is 2.31. The van der Waals surface area contributed by atoms with Crippen molar-refractivity contribution >= 4 is 40.3 Å². The van der Waals surface area contributed by atoms with Gasteiger partial charge in [-0.2, -0.15) is 0 Å². The van der Waals surface area contributed by atoms with Crippen LogP contribution in [0.4, 0.5) is 10.6 Å². The van der Waals surface area contributed by atoms with Crippen molar-refractivity contribution in [2.75, 3.05) is 32.0 Å². The number of nitrogen functional groups attached to an aromatic ring is 1. The van der Waals surface area contributed by atoms with Gasteiger partial charge in [0.05, 0.1) is 17.1 Å². The van der Waals surface area contributed by atoms with Gasteiger partial charge in [0.1, 0.15) is 5.82 Å². The maximum Gasteiger partial charge on any atom is 0.410 e. The highest BCUT2D eigenvalue weighted by atomic mass is 35.5. The summed E-state index contributed by atoms with van der Waals surface area (Å²) in [5.74, 6) is 0.741. The van der Waals surface area contributed by atoms with Gasteiger partial charge in [0.2, 0.25) is 0 Å². The molecule has 1 saturated heterocycles. The number of fused-ring (bicyclic) bond motifs is 2. The van der Waals surface area contributed by atoms with E-state index in [2.05, 4.69) is 4.98 Å². The van der Waals surface area contributed by atoms with Crippen LogP contribution in [0.25, 0.3) is 10.9 Å². The Morgan fingerprint density at radius 2 is 2.05 bits per heavy atom. The third-order valence-electron chi connectivity index (χ3n) is 7.39. The number of carbonyl (C=O) groups is 2. The van der Waals surface area contributed by atoms with Gasteiger partial charge in [-0.05, 0) is 73.9 Å². The monoisotopic (exact) mass is 521 g/mol. The average Bonchev–Trinajstić information content (AvgIpc) is 2.90. The molecular formula is C28H32ClN5O3.